The van der Waals surface area contributed by atoms with Gasteiger partial charge in [0.2, 0.25) is 7.37 Å². The van der Waals surface area contributed by atoms with Crippen molar-refractivity contribution in [3.8, 4) is 0 Å². The zero-order chi connectivity index (χ0) is 13.4. The summed E-state index contributed by atoms with van der Waals surface area (Å²) >= 11 is 0. The highest BCUT2D eigenvalue weighted by atomic mass is 31.2. The topological polar surface area (TPSA) is 26.3 Å². The highest BCUT2D eigenvalue weighted by Crippen LogP contribution is 2.52. The van der Waals surface area contributed by atoms with E-state index in [-0.39, 0.29) is 6.10 Å². The van der Waals surface area contributed by atoms with Crippen molar-refractivity contribution in [1.82, 2.24) is 0 Å². The molecular weight excluding hydrogens is 243 g/mol. The fourth-order valence-corrected chi connectivity index (χ4v) is 4.54. The summed E-state index contributed by atoms with van der Waals surface area (Å²) < 4.78 is 18.7. The van der Waals surface area contributed by atoms with Gasteiger partial charge in [0.1, 0.15) is 0 Å². The van der Waals surface area contributed by atoms with Crippen molar-refractivity contribution in [3.63, 3.8) is 0 Å². The summed E-state index contributed by atoms with van der Waals surface area (Å²) in [5.41, 5.74) is 1.11. The average Bonchev–Trinajstić information content (AvgIpc) is 2.37. The average molecular weight is 268 g/mol. The molecule has 2 atom stereocenters. The third-order valence-corrected chi connectivity index (χ3v) is 5.65. The van der Waals surface area contributed by atoms with Gasteiger partial charge in [-0.1, -0.05) is 50.6 Å². The molecule has 0 heterocycles. The Labute approximate surface area is 111 Å². The van der Waals surface area contributed by atoms with Crippen LogP contribution >= 0.6 is 7.37 Å². The summed E-state index contributed by atoms with van der Waals surface area (Å²) in [5.74, 6) is 0. The van der Waals surface area contributed by atoms with Gasteiger partial charge in [-0.15, -0.1) is 0 Å². The number of hydrogen-bond donors (Lipinski definition) is 0. The standard InChI is InChI=1S/C15H25O2P/c1-4-6-12-18(16,17-14(3)5-2)13-15-10-8-7-9-11-15/h7-11,14H,4-6,12-13H2,1-3H3. The molecule has 1 rings (SSSR count). The number of benzene rings is 1. The Morgan fingerprint density at radius 1 is 1.22 bits per heavy atom. The van der Waals surface area contributed by atoms with Crippen LogP contribution in [0.4, 0.5) is 0 Å². The van der Waals surface area contributed by atoms with Crippen LogP contribution in [0.5, 0.6) is 0 Å². The molecule has 0 amide bonds. The third-order valence-electron chi connectivity index (χ3n) is 3.07. The Morgan fingerprint density at radius 2 is 1.89 bits per heavy atom. The molecule has 3 heteroatoms. The minimum atomic E-state index is -2.53. The molecule has 1 aromatic rings. The van der Waals surface area contributed by atoms with Crippen molar-refractivity contribution in [2.75, 3.05) is 6.16 Å². The predicted molar refractivity (Wildman–Crippen MR) is 78.4 cm³/mol. The van der Waals surface area contributed by atoms with Crippen LogP contribution < -0.4 is 0 Å². The fourth-order valence-electron chi connectivity index (χ4n) is 1.83. The first kappa shape index (κ1) is 15.5. The van der Waals surface area contributed by atoms with Crippen LogP contribution in [0.2, 0.25) is 0 Å². The van der Waals surface area contributed by atoms with Gasteiger partial charge in [-0.3, -0.25) is 4.57 Å². The summed E-state index contributed by atoms with van der Waals surface area (Å²) in [5, 5.41) is 0. The van der Waals surface area contributed by atoms with Crippen LogP contribution in [0.3, 0.4) is 0 Å². The molecule has 0 saturated carbocycles. The van der Waals surface area contributed by atoms with E-state index in [0.29, 0.717) is 12.3 Å². The maximum Gasteiger partial charge on any atom is 0.207 e. The van der Waals surface area contributed by atoms with Crippen LogP contribution in [-0.4, -0.2) is 12.3 Å². The normalized spacial score (nSPS) is 16.2. The molecule has 102 valence electrons. The van der Waals surface area contributed by atoms with Gasteiger partial charge in [-0.2, -0.15) is 0 Å². The van der Waals surface area contributed by atoms with E-state index >= 15 is 0 Å². The van der Waals surface area contributed by atoms with Gasteiger partial charge in [-0.05, 0) is 25.3 Å². The molecule has 0 aliphatic carbocycles. The molecule has 1 aromatic carbocycles. The minimum absolute atomic E-state index is 0.0800. The van der Waals surface area contributed by atoms with Gasteiger partial charge >= 0.3 is 0 Å². The van der Waals surface area contributed by atoms with Crippen LogP contribution in [0.1, 0.15) is 45.6 Å². The lowest BCUT2D eigenvalue weighted by Crippen LogP contribution is -2.08. The molecule has 0 fully saturated rings. The van der Waals surface area contributed by atoms with E-state index in [0.717, 1.165) is 24.8 Å². The number of unbranched alkanes of at least 4 members (excludes halogenated alkanes) is 1. The maximum absolute atomic E-state index is 12.9. The summed E-state index contributed by atoms with van der Waals surface area (Å²) in [6.07, 6.45) is 4.28. The lowest BCUT2D eigenvalue weighted by atomic mass is 10.2. The molecule has 2 unspecified atom stereocenters. The second-order valence-corrected chi connectivity index (χ2v) is 7.46. The molecule has 0 spiro atoms. The maximum atomic E-state index is 12.9. The van der Waals surface area contributed by atoms with Gasteiger partial charge in [-0.25, -0.2) is 0 Å². The molecule has 0 saturated heterocycles. The van der Waals surface area contributed by atoms with E-state index < -0.39 is 7.37 Å². The van der Waals surface area contributed by atoms with E-state index in [4.69, 9.17) is 4.52 Å². The predicted octanol–water partition coefficient (Wildman–Crippen LogP) is 5.08. The first-order chi connectivity index (χ1) is 8.59. The van der Waals surface area contributed by atoms with Crippen molar-refractivity contribution < 1.29 is 9.09 Å². The SMILES string of the molecule is CCCCP(=O)(Cc1ccccc1)OC(C)CC. The third kappa shape index (κ3) is 5.37. The highest BCUT2D eigenvalue weighted by Gasteiger charge is 2.25. The number of hydrogen-bond acceptors (Lipinski definition) is 2. The Morgan fingerprint density at radius 3 is 2.44 bits per heavy atom. The van der Waals surface area contributed by atoms with Crippen LogP contribution in [-0.2, 0) is 15.3 Å². The van der Waals surface area contributed by atoms with Gasteiger partial charge in [0.15, 0.2) is 0 Å². The molecule has 0 aliphatic heterocycles. The minimum Gasteiger partial charge on any atom is -0.325 e. The largest absolute Gasteiger partial charge is 0.325 e. The van der Waals surface area contributed by atoms with Gasteiger partial charge in [0.25, 0.3) is 0 Å². The Kier molecular flexibility index (Phi) is 6.67. The lowest BCUT2D eigenvalue weighted by molar-refractivity contribution is 0.218. The first-order valence-corrected chi connectivity index (χ1v) is 8.89. The molecule has 0 aliphatic rings. The van der Waals surface area contributed by atoms with E-state index in [9.17, 15) is 4.57 Å². The first-order valence-electron chi connectivity index (χ1n) is 6.90. The van der Waals surface area contributed by atoms with Gasteiger partial charge < -0.3 is 4.52 Å². The summed E-state index contributed by atoms with van der Waals surface area (Å²) in [7, 11) is -2.53. The molecule has 0 radical (unpaired) electrons. The Balaban J connectivity index is 2.74. The van der Waals surface area contributed by atoms with Crippen LogP contribution in [0, 0.1) is 0 Å². The summed E-state index contributed by atoms with van der Waals surface area (Å²) in [6, 6.07) is 10.0. The monoisotopic (exact) mass is 268 g/mol. The highest BCUT2D eigenvalue weighted by molar-refractivity contribution is 7.58. The van der Waals surface area contributed by atoms with Crippen molar-refractivity contribution in [2.45, 2.75) is 52.3 Å². The Bertz CT molecular complexity index is 375. The zero-order valence-corrected chi connectivity index (χ0v) is 12.7. The lowest BCUT2D eigenvalue weighted by Gasteiger charge is -2.22. The van der Waals surface area contributed by atoms with E-state index in [1.165, 1.54) is 0 Å². The molecule has 0 aromatic heterocycles. The molecule has 0 N–H and O–H groups in total. The van der Waals surface area contributed by atoms with E-state index in [1.807, 2.05) is 37.3 Å². The van der Waals surface area contributed by atoms with Crippen molar-refractivity contribution in [2.24, 2.45) is 0 Å². The van der Waals surface area contributed by atoms with E-state index in [2.05, 4.69) is 13.8 Å². The van der Waals surface area contributed by atoms with Crippen LogP contribution in [0.25, 0.3) is 0 Å². The van der Waals surface area contributed by atoms with Crippen molar-refractivity contribution in [3.05, 3.63) is 35.9 Å². The zero-order valence-electron chi connectivity index (χ0n) is 11.8. The van der Waals surface area contributed by atoms with Gasteiger partial charge in [0, 0.05) is 12.3 Å². The molecular formula is C15H25O2P. The second-order valence-electron chi connectivity index (χ2n) is 4.86. The van der Waals surface area contributed by atoms with Crippen molar-refractivity contribution in [1.29, 1.82) is 0 Å². The molecule has 2 nitrogen and oxygen atoms in total. The fraction of sp³-hybridized carbons (Fsp3) is 0.600. The van der Waals surface area contributed by atoms with Crippen LogP contribution in [0.15, 0.2) is 30.3 Å². The van der Waals surface area contributed by atoms with Gasteiger partial charge in [0.05, 0.1) is 6.10 Å². The second kappa shape index (κ2) is 7.76. The molecule has 18 heavy (non-hydrogen) atoms. The van der Waals surface area contributed by atoms with E-state index in [1.54, 1.807) is 0 Å². The summed E-state index contributed by atoms with van der Waals surface area (Å²) in [4.78, 5) is 0. The Hall–Kier alpha value is -0.590. The molecule has 0 bridgehead atoms. The number of rotatable bonds is 8. The van der Waals surface area contributed by atoms with Crippen molar-refractivity contribution >= 4 is 7.37 Å². The smallest absolute Gasteiger partial charge is 0.207 e. The quantitative estimate of drug-likeness (QED) is 0.614. The summed E-state index contributed by atoms with van der Waals surface area (Å²) in [6.45, 7) is 6.19.